The largest absolute Gasteiger partial charge is 0.497 e. The summed E-state index contributed by atoms with van der Waals surface area (Å²) >= 11 is 0. The summed E-state index contributed by atoms with van der Waals surface area (Å²) in [5, 5.41) is 0. The number of quaternary nitrogens is 1. The number of hydrogen-bond acceptors (Lipinski definition) is 2. The zero-order valence-corrected chi connectivity index (χ0v) is 15.6. The fraction of sp³-hybridized carbons (Fsp3) is 0.700. The van der Waals surface area contributed by atoms with Gasteiger partial charge in [-0.05, 0) is 42.4 Å². The van der Waals surface area contributed by atoms with Gasteiger partial charge in [-0.3, -0.25) is 0 Å². The van der Waals surface area contributed by atoms with Gasteiger partial charge in [-0.25, -0.2) is 0 Å². The molecule has 1 aliphatic rings. The summed E-state index contributed by atoms with van der Waals surface area (Å²) in [6.07, 6.45) is 4.23. The highest BCUT2D eigenvalue weighted by Crippen LogP contribution is 2.36. The second-order valence-corrected chi connectivity index (χ2v) is 8.24. The van der Waals surface area contributed by atoms with Crippen molar-refractivity contribution in [1.82, 2.24) is 0 Å². The number of hydrogen-bond donors (Lipinski definition) is 0. The number of benzene rings is 1. The Bertz CT molecular complexity index is 469. The van der Waals surface area contributed by atoms with Gasteiger partial charge in [0, 0.05) is 0 Å². The summed E-state index contributed by atoms with van der Waals surface area (Å²) < 4.78 is 12.8. The van der Waals surface area contributed by atoms with Crippen LogP contribution in [0.25, 0.3) is 0 Å². The SMILES string of the molecule is COc1ccc(C(OCC[N+]2(C)CCCCC2)C(C)(C)C)cc1. The maximum absolute atomic E-state index is 6.38. The smallest absolute Gasteiger partial charge is 0.118 e. The first-order chi connectivity index (χ1) is 10.8. The number of likely N-dealkylation sites (N-methyl/N-ethyl adjacent to an activating group) is 1. The monoisotopic (exact) mass is 320 g/mol. The summed E-state index contributed by atoms with van der Waals surface area (Å²) in [7, 11) is 4.08. The second-order valence-electron chi connectivity index (χ2n) is 8.24. The van der Waals surface area contributed by atoms with Crippen LogP contribution in [0.2, 0.25) is 0 Å². The van der Waals surface area contributed by atoms with Gasteiger partial charge in [-0.15, -0.1) is 0 Å². The Labute approximate surface area is 142 Å². The van der Waals surface area contributed by atoms with E-state index in [1.165, 1.54) is 42.4 Å². The summed E-state index contributed by atoms with van der Waals surface area (Å²) in [5.74, 6) is 0.896. The highest BCUT2D eigenvalue weighted by Gasteiger charge is 2.29. The van der Waals surface area contributed by atoms with E-state index in [0.29, 0.717) is 0 Å². The van der Waals surface area contributed by atoms with E-state index in [-0.39, 0.29) is 11.5 Å². The Hall–Kier alpha value is -1.06. The number of methoxy groups -OCH3 is 1. The van der Waals surface area contributed by atoms with E-state index in [2.05, 4.69) is 40.0 Å². The molecule has 1 aliphatic heterocycles. The van der Waals surface area contributed by atoms with Crippen molar-refractivity contribution in [2.24, 2.45) is 5.41 Å². The predicted molar refractivity (Wildman–Crippen MR) is 95.8 cm³/mol. The molecule has 0 radical (unpaired) electrons. The van der Waals surface area contributed by atoms with Crippen molar-refractivity contribution >= 4 is 0 Å². The molecule has 1 heterocycles. The van der Waals surface area contributed by atoms with Gasteiger partial charge < -0.3 is 14.0 Å². The Morgan fingerprint density at radius 2 is 1.65 bits per heavy atom. The van der Waals surface area contributed by atoms with Gasteiger partial charge in [0.05, 0.1) is 40.0 Å². The van der Waals surface area contributed by atoms with Crippen molar-refractivity contribution in [2.75, 3.05) is 40.4 Å². The molecule has 0 N–H and O–H groups in total. The lowest BCUT2D eigenvalue weighted by Crippen LogP contribution is -2.50. The highest BCUT2D eigenvalue weighted by atomic mass is 16.5. The molecule has 0 saturated carbocycles. The van der Waals surface area contributed by atoms with Crippen molar-refractivity contribution in [3.8, 4) is 5.75 Å². The molecule has 2 rings (SSSR count). The molecule has 3 nitrogen and oxygen atoms in total. The lowest BCUT2D eigenvalue weighted by Gasteiger charge is -2.39. The summed E-state index contributed by atoms with van der Waals surface area (Å²) in [5.41, 5.74) is 1.31. The molecule has 0 aliphatic carbocycles. The van der Waals surface area contributed by atoms with E-state index in [1.54, 1.807) is 7.11 Å². The molecule has 0 bridgehead atoms. The van der Waals surface area contributed by atoms with E-state index in [9.17, 15) is 0 Å². The molecule has 1 unspecified atom stereocenters. The third kappa shape index (κ3) is 5.22. The Morgan fingerprint density at radius 3 is 2.17 bits per heavy atom. The molecule has 1 aromatic rings. The van der Waals surface area contributed by atoms with Crippen LogP contribution in [-0.2, 0) is 4.74 Å². The first kappa shape index (κ1) is 18.3. The third-order valence-corrected chi connectivity index (χ3v) is 5.02. The number of nitrogens with zero attached hydrogens (tertiary/aromatic N) is 1. The number of likely N-dealkylation sites (tertiary alicyclic amines) is 1. The second kappa shape index (κ2) is 7.67. The van der Waals surface area contributed by atoms with Crippen molar-refractivity contribution in [3.05, 3.63) is 29.8 Å². The van der Waals surface area contributed by atoms with Gasteiger partial charge in [0.2, 0.25) is 0 Å². The Morgan fingerprint density at radius 1 is 1.04 bits per heavy atom. The van der Waals surface area contributed by atoms with Gasteiger partial charge in [0.15, 0.2) is 0 Å². The normalized spacial score (nSPS) is 19.3. The first-order valence-electron chi connectivity index (χ1n) is 8.93. The standard InChI is InChI=1S/C20H34NO2/c1-20(2,3)19(17-9-11-18(22-5)12-10-17)23-16-15-21(4)13-7-6-8-14-21/h9-12,19H,6-8,13-16H2,1-5H3/q+1. The molecule has 130 valence electrons. The maximum Gasteiger partial charge on any atom is 0.118 e. The van der Waals surface area contributed by atoms with E-state index >= 15 is 0 Å². The molecule has 1 aromatic carbocycles. The molecule has 1 fully saturated rings. The fourth-order valence-corrected chi connectivity index (χ4v) is 3.52. The minimum Gasteiger partial charge on any atom is -0.497 e. The molecule has 0 aromatic heterocycles. The zero-order valence-electron chi connectivity index (χ0n) is 15.6. The van der Waals surface area contributed by atoms with Crippen LogP contribution in [-0.4, -0.2) is 44.9 Å². The van der Waals surface area contributed by atoms with Gasteiger partial charge in [-0.1, -0.05) is 32.9 Å². The maximum atomic E-state index is 6.38. The van der Waals surface area contributed by atoms with E-state index < -0.39 is 0 Å². The zero-order chi connectivity index (χ0) is 16.9. The van der Waals surface area contributed by atoms with Crippen LogP contribution in [0.4, 0.5) is 0 Å². The molecular weight excluding hydrogens is 286 g/mol. The quantitative estimate of drug-likeness (QED) is 0.722. The van der Waals surface area contributed by atoms with Gasteiger partial charge in [0.25, 0.3) is 0 Å². The molecule has 0 spiro atoms. The Kier molecular flexibility index (Phi) is 6.10. The highest BCUT2D eigenvalue weighted by molar-refractivity contribution is 5.29. The molecule has 23 heavy (non-hydrogen) atoms. The average molecular weight is 320 g/mol. The van der Waals surface area contributed by atoms with Crippen LogP contribution >= 0.6 is 0 Å². The van der Waals surface area contributed by atoms with Crippen molar-refractivity contribution in [3.63, 3.8) is 0 Å². The summed E-state index contributed by atoms with van der Waals surface area (Å²) in [6, 6.07) is 8.31. The van der Waals surface area contributed by atoms with E-state index in [0.717, 1.165) is 18.9 Å². The Balaban J connectivity index is 1.98. The van der Waals surface area contributed by atoms with Crippen molar-refractivity contribution in [2.45, 2.75) is 46.1 Å². The fourth-order valence-electron chi connectivity index (χ4n) is 3.52. The molecule has 3 heteroatoms. The summed E-state index contributed by atoms with van der Waals surface area (Å²) in [6.45, 7) is 11.3. The lowest BCUT2D eigenvalue weighted by atomic mass is 9.84. The molecular formula is C20H34NO2+. The van der Waals surface area contributed by atoms with Gasteiger partial charge in [-0.2, -0.15) is 0 Å². The lowest BCUT2D eigenvalue weighted by molar-refractivity contribution is -0.914. The van der Waals surface area contributed by atoms with Crippen LogP contribution in [0.3, 0.4) is 0 Å². The van der Waals surface area contributed by atoms with Crippen LogP contribution < -0.4 is 4.74 Å². The van der Waals surface area contributed by atoms with Crippen LogP contribution in [0, 0.1) is 5.41 Å². The first-order valence-corrected chi connectivity index (χ1v) is 8.93. The van der Waals surface area contributed by atoms with E-state index in [1.807, 2.05) is 12.1 Å². The minimum atomic E-state index is 0.0784. The van der Waals surface area contributed by atoms with Crippen LogP contribution in [0.5, 0.6) is 5.75 Å². The average Bonchev–Trinajstić information content (AvgIpc) is 2.51. The summed E-state index contributed by atoms with van der Waals surface area (Å²) in [4.78, 5) is 0. The predicted octanol–water partition coefficient (Wildman–Crippen LogP) is 4.43. The topological polar surface area (TPSA) is 18.5 Å². The van der Waals surface area contributed by atoms with Crippen molar-refractivity contribution in [1.29, 1.82) is 0 Å². The van der Waals surface area contributed by atoms with Gasteiger partial charge in [0.1, 0.15) is 12.3 Å². The molecule has 1 saturated heterocycles. The number of rotatable bonds is 6. The van der Waals surface area contributed by atoms with Crippen molar-refractivity contribution < 1.29 is 14.0 Å². The van der Waals surface area contributed by atoms with Gasteiger partial charge >= 0.3 is 0 Å². The molecule has 0 amide bonds. The number of piperidine rings is 1. The molecule has 1 atom stereocenters. The van der Waals surface area contributed by atoms with Crippen LogP contribution in [0.15, 0.2) is 24.3 Å². The third-order valence-electron chi connectivity index (χ3n) is 5.02. The van der Waals surface area contributed by atoms with Crippen LogP contribution in [0.1, 0.15) is 51.7 Å². The minimum absolute atomic E-state index is 0.0784. The van der Waals surface area contributed by atoms with E-state index in [4.69, 9.17) is 9.47 Å². The number of ether oxygens (including phenoxy) is 2.